The van der Waals surface area contributed by atoms with Gasteiger partial charge >= 0.3 is 0 Å². The number of oxazole rings is 1. The zero-order valence-corrected chi connectivity index (χ0v) is 20.4. The van der Waals surface area contributed by atoms with Gasteiger partial charge in [-0.1, -0.05) is 36.0 Å². The molecule has 0 saturated heterocycles. The zero-order chi connectivity index (χ0) is 26.4. The van der Waals surface area contributed by atoms with E-state index < -0.39 is 6.10 Å². The molecule has 2 aromatic heterocycles. The Bertz CT molecular complexity index is 1470. The van der Waals surface area contributed by atoms with Crippen molar-refractivity contribution in [2.75, 3.05) is 12.3 Å². The van der Waals surface area contributed by atoms with Crippen molar-refractivity contribution in [2.45, 2.75) is 29.7 Å². The lowest BCUT2D eigenvalue weighted by atomic mass is 9.95. The molecule has 0 unspecified atom stereocenters. The Kier molecular flexibility index (Phi) is 8.16. The van der Waals surface area contributed by atoms with Crippen molar-refractivity contribution < 1.29 is 19.0 Å². The molecule has 2 aromatic carbocycles. The van der Waals surface area contributed by atoms with E-state index >= 15 is 0 Å². The molecule has 8 nitrogen and oxygen atoms in total. The Morgan fingerprint density at radius 3 is 2.32 bits per heavy atom. The van der Waals surface area contributed by atoms with Crippen LogP contribution in [0.2, 0.25) is 0 Å². The average Bonchev–Trinajstić information content (AvgIpc) is 3.39. The largest absolute Gasteiger partial charge is 0.444 e. The number of nitrogens with two attached hydrogens (primary N) is 1. The maximum Gasteiger partial charge on any atom is 0.226 e. The Morgan fingerprint density at radius 2 is 1.68 bits per heavy atom. The van der Waals surface area contributed by atoms with Crippen molar-refractivity contribution in [1.82, 2.24) is 9.97 Å². The van der Waals surface area contributed by atoms with Gasteiger partial charge in [0.05, 0.1) is 24.0 Å². The van der Waals surface area contributed by atoms with Gasteiger partial charge in [0.25, 0.3) is 0 Å². The van der Waals surface area contributed by atoms with E-state index in [0.29, 0.717) is 51.9 Å². The van der Waals surface area contributed by atoms with Crippen molar-refractivity contribution in [3.8, 4) is 34.7 Å². The first-order valence-electron chi connectivity index (χ1n) is 11.3. The summed E-state index contributed by atoms with van der Waals surface area (Å²) in [6.07, 6.45) is 1.68. The minimum atomic E-state index is -0.786. The SMILES string of the molecule is N#Cc1c(N)nc(SCc2coc(-c3ccc(F)cc3)n2)c(C#N)c1-c1ccc(CC[C@H](O)CO)cc1. The number of aliphatic hydroxyl groups excluding tert-OH is 2. The molecule has 0 amide bonds. The monoisotopic (exact) mass is 515 g/mol. The van der Waals surface area contributed by atoms with E-state index in [1.165, 1.54) is 30.2 Å². The highest BCUT2D eigenvalue weighted by Crippen LogP contribution is 2.37. The maximum absolute atomic E-state index is 13.2. The highest BCUT2D eigenvalue weighted by atomic mass is 32.2. The molecule has 4 aromatic rings. The Balaban J connectivity index is 1.60. The van der Waals surface area contributed by atoms with E-state index in [1.54, 1.807) is 24.3 Å². The number of aryl methyl sites for hydroxylation is 1. The van der Waals surface area contributed by atoms with Crippen molar-refractivity contribution in [2.24, 2.45) is 0 Å². The molecule has 4 rings (SSSR count). The lowest BCUT2D eigenvalue weighted by molar-refractivity contribution is 0.0886. The van der Waals surface area contributed by atoms with Crippen molar-refractivity contribution >= 4 is 17.6 Å². The second-order valence-corrected chi connectivity index (χ2v) is 9.13. The van der Waals surface area contributed by atoms with Crippen LogP contribution in [-0.4, -0.2) is 32.9 Å². The molecule has 0 fully saturated rings. The summed E-state index contributed by atoms with van der Waals surface area (Å²) < 4.78 is 18.7. The van der Waals surface area contributed by atoms with Crippen molar-refractivity contribution in [1.29, 1.82) is 10.5 Å². The lowest BCUT2D eigenvalue weighted by Gasteiger charge is -2.13. The number of thioether (sulfide) groups is 1. The quantitative estimate of drug-likeness (QED) is 0.274. The van der Waals surface area contributed by atoms with Crippen LogP contribution in [0.25, 0.3) is 22.6 Å². The van der Waals surface area contributed by atoms with E-state index in [0.717, 1.165) is 5.56 Å². The van der Waals surface area contributed by atoms with Gasteiger partial charge < -0.3 is 20.4 Å². The first-order valence-corrected chi connectivity index (χ1v) is 12.3. The zero-order valence-electron chi connectivity index (χ0n) is 19.6. The van der Waals surface area contributed by atoms with Crippen LogP contribution in [-0.2, 0) is 12.2 Å². The molecule has 1 atom stereocenters. The van der Waals surface area contributed by atoms with E-state index in [9.17, 15) is 20.0 Å². The van der Waals surface area contributed by atoms with Gasteiger partial charge in [-0.15, -0.1) is 0 Å². The van der Waals surface area contributed by atoms with Crippen LogP contribution in [0.15, 0.2) is 64.2 Å². The fraction of sp³-hybridized carbons (Fsp3) is 0.185. The fourth-order valence-electron chi connectivity index (χ4n) is 3.69. The number of rotatable bonds is 9. The van der Waals surface area contributed by atoms with Crippen LogP contribution in [0.5, 0.6) is 0 Å². The molecular weight excluding hydrogens is 493 g/mol. The number of hydrogen-bond donors (Lipinski definition) is 3. The first-order chi connectivity index (χ1) is 17.9. The molecule has 0 spiro atoms. The van der Waals surface area contributed by atoms with Gasteiger partial charge in [0.2, 0.25) is 5.89 Å². The van der Waals surface area contributed by atoms with Crippen LogP contribution < -0.4 is 5.73 Å². The van der Waals surface area contributed by atoms with Crippen molar-refractivity contribution in [3.05, 3.63) is 83.0 Å². The molecule has 0 aliphatic carbocycles. The summed E-state index contributed by atoms with van der Waals surface area (Å²) in [7, 11) is 0. The number of halogens is 1. The molecule has 0 aliphatic rings. The van der Waals surface area contributed by atoms with Gasteiger partial charge in [-0.3, -0.25) is 0 Å². The molecule has 4 N–H and O–H groups in total. The number of hydrogen-bond acceptors (Lipinski definition) is 9. The van der Waals surface area contributed by atoms with Gasteiger partial charge in [-0.25, -0.2) is 14.4 Å². The molecule has 0 aliphatic heterocycles. The highest BCUT2D eigenvalue weighted by molar-refractivity contribution is 7.98. The predicted molar refractivity (Wildman–Crippen MR) is 136 cm³/mol. The minimum Gasteiger partial charge on any atom is -0.444 e. The standard InChI is InChI=1S/C27H22FN5O3S/c28-19-8-6-18(7-9-19)26-32-20(14-36-26)15-37-27-23(12-30)24(22(11-29)25(31)33-27)17-4-1-16(2-5-17)3-10-21(35)13-34/h1-2,4-9,14,21,34-35H,3,10,13,15H2,(H2,31,33)/t21-/m0/s1. The lowest BCUT2D eigenvalue weighted by Crippen LogP contribution is -2.12. The summed E-state index contributed by atoms with van der Waals surface area (Å²) in [5, 5.41) is 38.7. The molecule has 0 saturated carbocycles. The topological polar surface area (TPSA) is 153 Å². The Labute approximate surface area is 216 Å². The van der Waals surface area contributed by atoms with Gasteiger partial charge in [0.15, 0.2) is 0 Å². The van der Waals surface area contributed by atoms with Gasteiger partial charge in [-0.05, 0) is 48.2 Å². The first kappa shape index (κ1) is 25.9. The molecule has 10 heteroatoms. The third-order valence-electron chi connectivity index (χ3n) is 5.63. The summed E-state index contributed by atoms with van der Waals surface area (Å²) >= 11 is 1.24. The minimum absolute atomic E-state index is 0.0151. The number of nitrogens with zero attached hydrogens (tertiary/aromatic N) is 4. The molecule has 0 bridgehead atoms. The summed E-state index contributed by atoms with van der Waals surface area (Å²) in [4.78, 5) is 8.74. The number of anilines is 1. The van der Waals surface area contributed by atoms with Crippen LogP contribution in [0.4, 0.5) is 10.2 Å². The number of pyridine rings is 1. The van der Waals surface area contributed by atoms with Crippen LogP contribution in [0, 0.1) is 28.5 Å². The van der Waals surface area contributed by atoms with Crippen LogP contribution in [0.1, 0.15) is 28.8 Å². The van der Waals surface area contributed by atoms with Gasteiger partial charge in [0.1, 0.15) is 40.6 Å². The Hall–Kier alpha value is -4.22. The van der Waals surface area contributed by atoms with Gasteiger partial charge in [0, 0.05) is 16.9 Å². The molecular formula is C27H22FN5O3S. The third kappa shape index (κ3) is 5.96. The summed E-state index contributed by atoms with van der Waals surface area (Å²) in [6.45, 7) is -0.298. The normalized spacial score (nSPS) is 11.6. The van der Waals surface area contributed by atoms with Crippen molar-refractivity contribution in [3.63, 3.8) is 0 Å². The number of aromatic nitrogens is 2. The summed E-state index contributed by atoms with van der Waals surface area (Å²) in [5.41, 5.74) is 9.64. The van der Waals surface area contributed by atoms with Gasteiger partial charge in [-0.2, -0.15) is 10.5 Å². The number of nitrogen functional groups attached to an aromatic ring is 1. The van der Waals surface area contributed by atoms with Crippen LogP contribution in [0.3, 0.4) is 0 Å². The second-order valence-electron chi connectivity index (χ2n) is 8.16. The summed E-state index contributed by atoms with van der Waals surface area (Å²) in [6, 6.07) is 17.3. The van der Waals surface area contributed by atoms with E-state index in [2.05, 4.69) is 22.1 Å². The second kappa shape index (κ2) is 11.7. The summed E-state index contributed by atoms with van der Waals surface area (Å²) in [5.74, 6) is 0.325. The van der Waals surface area contributed by atoms with E-state index in [-0.39, 0.29) is 29.4 Å². The molecule has 37 heavy (non-hydrogen) atoms. The number of aliphatic hydroxyl groups is 2. The fourth-order valence-corrected chi connectivity index (χ4v) is 4.57. The smallest absolute Gasteiger partial charge is 0.226 e. The number of benzene rings is 2. The predicted octanol–water partition coefficient (Wildman–Crippen LogP) is 4.45. The van der Waals surface area contributed by atoms with E-state index in [4.69, 9.17) is 15.3 Å². The molecule has 2 heterocycles. The molecule has 0 radical (unpaired) electrons. The average molecular weight is 516 g/mol. The number of nitriles is 2. The highest BCUT2D eigenvalue weighted by Gasteiger charge is 2.21. The van der Waals surface area contributed by atoms with E-state index in [1.807, 2.05) is 12.1 Å². The maximum atomic E-state index is 13.2. The third-order valence-corrected chi connectivity index (χ3v) is 6.64. The molecule has 186 valence electrons. The Morgan fingerprint density at radius 1 is 1.00 bits per heavy atom. The van der Waals surface area contributed by atoms with Crippen LogP contribution >= 0.6 is 11.8 Å².